The first kappa shape index (κ1) is 17.3. The molecule has 1 amide bonds. The third kappa shape index (κ3) is 2.77. The van der Waals surface area contributed by atoms with Crippen LogP contribution in [-0.4, -0.2) is 39.0 Å². The molecular formula is C21H20N2O4. The van der Waals surface area contributed by atoms with Crippen molar-refractivity contribution in [1.82, 2.24) is 9.47 Å². The molecule has 6 heteroatoms. The molecule has 138 valence electrons. The van der Waals surface area contributed by atoms with E-state index in [1.807, 2.05) is 41.0 Å². The molecule has 1 fully saturated rings. The molecule has 0 bridgehead atoms. The minimum Gasteiger partial charge on any atom is -0.481 e. The second-order valence-electron chi connectivity index (χ2n) is 7.01. The Balaban J connectivity index is 1.80. The lowest BCUT2D eigenvalue weighted by Crippen LogP contribution is -2.39. The molecule has 27 heavy (non-hydrogen) atoms. The van der Waals surface area contributed by atoms with Gasteiger partial charge < -0.3 is 14.6 Å². The van der Waals surface area contributed by atoms with Crippen molar-refractivity contribution in [3.05, 3.63) is 58.8 Å². The van der Waals surface area contributed by atoms with Crippen molar-refractivity contribution in [3.63, 3.8) is 0 Å². The molecule has 1 aliphatic rings. The standard InChI is InChI=1S/C21H20N2O4/c1-13-14(21(26)27)10-11-22(13)19(24)12-23-17-8-4-2-6-15(17)20(25)16-7-3-5-9-18(16)23/h2-9,13-14H,10-12H2,1H3,(H,26,27). The highest BCUT2D eigenvalue weighted by atomic mass is 16.4. The van der Waals surface area contributed by atoms with Gasteiger partial charge >= 0.3 is 5.97 Å². The molecule has 0 aliphatic carbocycles. The zero-order chi connectivity index (χ0) is 19.1. The maximum absolute atomic E-state index is 13.0. The van der Waals surface area contributed by atoms with Crippen LogP contribution in [0.3, 0.4) is 0 Å². The van der Waals surface area contributed by atoms with E-state index in [0.717, 1.165) is 0 Å². The molecule has 2 aromatic carbocycles. The van der Waals surface area contributed by atoms with Crippen LogP contribution in [0.2, 0.25) is 0 Å². The number of fused-ring (bicyclic) bond motifs is 2. The van der Waals surface area contributed by atoms with Crippen molar-refractivity contribution in [2.75, 3.05) is 6.54 Å². The van der Waals surface area contributed by atoms with Crippen molar-refractivity contribution < 1.29 is 14.7 Å². The number of benzene rings is 2. The van der Waals surface area contributed by atoms with E-state index in [2.05, 4.69) is 0 Å². The summed E-state index contributed by atoms with van der Waals surface area (Å²) in [4.78, 5) is 38.8. The highest BCUT2D eigenvalue weighted by Crippen LogP contribution is 2.26. The first-order chi connectivity index (χ1) is 13.0. The van der Waals surface area contributed by atoms with Gasteiger partial charge in [-0.25, -0.2) is 0 Å². The highest BCUT2D eigenvalue weighted by Gasteiger charge is 2.38. The summed E-state index contributed by atoms with van der Waals surface area (Å²) < 4.78 is 1.86. The summed E-state index contributed by atoms with van der Waals surface area (Å²) in [5.41, 5.74) is 1.36. The van der Waals surface area contributed by atoms with Crippen molar-refractivity contribution in [2.45, 2.75) is 25.9 Å². The maximum atomic E-state index is 13.0. The van der Waals surface area contributed by atoms with Crippen molar-refractivity contribution in [2.24, 2.45) is 5.92 Å². The molecule has 3 aromatic rings. The summed E-state index contributed by atoms with van der Waals surface area (Å²) in [5.74, 6) is -1.53. The molecule has 0 spiro atoms. The van der Waals surface area contributed by atoms with E-state index < -0.39 is 11.9 Å². The number of aliphatic carboxylic acids is 1. The zero-order valence-corrected chi connectivity index (χ0v) is 15.0. The first-order valence-corrected chi connectivity index (χ1v) is 9.01. The van der Waals surface area contributed by atoms with Gasteiger partial charge in [-0.05, 0) is 37.6 Å². The van der Waals surface area contributed by atoms with Crippen LogP contribution in [0.5, 0.6) is 0 Å². The normalized spacial score (nSPS) is 19.7. The predicted octanol–water partition coefficient (Wildman–Crippen LogP) is 2.48. The molecule has 0 radical (unpaired) electrons. The van der Waals surface area contributed by atoms with Gasteiger partial charge in [0.25, 0.3) is 0 Å². The van der Waals surface area contributed by atoms with E-state index in [4.69, 9.17) is 0 Å². The van der Waals surface area contributed by atoms with Crippen LogP contribution in [-0.2, 0) is 16.1 Å². The van der Waals surface area contributed by atoms with Gasteiger partial charge in [-0.15, -0.1) is 0 Å². The Morgan fingerprint density at radius 1 is 1.04 bits per heavy atom. The molecule has 4 rings (SSSR count). The maximum Gasteiger partial charge on any atom is 0.308 e. The summed E-state index contributed by atoms with van der Waals surface area (Å²) in [5, 5.41) is 10.5. The Hall–Kier alpha value is -3.15. The quantitative estimate of drug-likeness (QED) is 0.724. The van der Waals surface area contributed by atoms with Crippen LogP contribution in [0.1, 0.15) is 13.3 Å². The number of pyridine rings is 1. The Morgan fingerprint density at radius 2 is 1.59 bits per heavy atom. The summed E-state index contributed by atoms with van der Waals surface area (Å²) in [6.07, 6.45) is 0.466. The fourth-order valence-electron chi connectivity index (χ4n) is 4.10. The molecule has 1 saturated heterocycles. The molecule has 2 atom stereocenters. The third-order valence-corrected chi connectivity index (χ3v) is 5.56. The average molecular weight is 364 g/mol. The van der Waals surface area contributed by atoms with Crippen LogP contribution in [0.4, 0.5) is 0 Å². The number of carbonyl (C=O) groups is 2. The first-order valence-electron chi connectivity index (χ1n) is 9.01. The smallest absolute Gasteiger partial charge is 0.308 e. The van der Waals surface area contributed by atoms with Gasteiger partial charge in [0.15, 0.2) is 5.43 Å². The number of amides is 1. The lowest BCUT2D eigenvalue weighted by atomic mass is 10.0. The van der Waals surface area contributed by atoms with E-state index in [1.54, 1.807) is 24.0 Å². The second kappa shape index (κ2) is 6.54. The Kier molecular flexibility index (Phi) is 4.18. The summed E-state index contributed by atoms with van der Waals surface area (Å²) in [7, 11) is 0. The molecule has 2 unspecified atom stereocenters. The Morgan fingerprint density at radius 3 is 2.11 bits per heavy atom. The Labute approximate surface area is 155 Å². The summed E-state index contributed by atoms with van der Waals surface area (Å²) in [6, 6.07) is 14.2. The minimum atomic E-state index is -0.864. The average Bonchev–Trinajstić information content (AvgIpc) is 3.07. The van der Waals surface area contributed by atoms with Gasteiger partial charge in [0.1, 0.15) is 6.54 Å². The molecule has 1 aliphatic heterocycles. The number of para-hydroxylation sites is 2. The largest absolute Gasteiger partial charge is 0.481 e. The monoisotopic (exact) mass is 364 g/mol. The molecule has 0 saturated carbocycles. The van der Waals surface area contributed by atoms with Gasteiger partial charge in [-0.1, -0.05) is 24.3 Å². The van der Waals surface area contributed by atoms with E-state index >= 15 is 0 Å². The van der Waals surface area contributed by atoms with E-state index in [0.29, 0.717) is 34.8 Å². The van der Waals surface area contributed by atoms with Crippen molar-refractivity contribution in [1.29, 1.82) is 0 Å². The fraction of sp³-hybridized carbons (Fsp3) is 0.286. The lowest BCUT2D eigenvalue weighted by Gasteiger charge is -2.25. The van der Waals surface area contributed by atoms with Gasteiger partial charge in [-0.3, -0.25) is 14.4 Å². The summed E-state index contributed by atoms with van der Waals surface area (Å²) in [6.45, 7) is 2.29. The van der Waals surface area contributed by atoms with E-state index in [1.165, 1.54) is 0 Å². The number of carbonyl (C=O) groups excluding carboxylic acids is 1. The number of rotatable bonds is 3. The third-order valence-electron chi connectivity index (χ3n) is 5.56. The van der Waals surface area contributed by atoms with E-state index in [-0.39, 0.29) is 23.9 Å². The molecular weight excluding hydrogens is 344 g/mol. The van der Waals surface area contributed by atoms with Crippen molar-refractivity contribution in [3.8, 4) is 0 Å². The fourth-order valence-corrected chi connectivity index (χ4v) is 4.10. The highest BCUT2D eigenvalue weighted by molar-refractivity contribution is 5.95. The van der Waals surface area contributed by atoms with Gasteiger partial charge in [0, 0.05) is 23.4 Å². The number of nitrogens with zero attached hydrogens (tertiary/aromatic N) is 2. The number of hydrogen-bond donors (Lipinski definition) is 1. The van der Waals surface area contributed by atoms with Crippen LogP contribution in [0.15, 0.2) is 53.3 Å². The lowest BCUT2D eigenvalue weighted by molar-refractivity contribution is -0.143. The number of aromatic nitrogens is 1. The minimum absolute atomic E-state index is 0.0506. The Bertz CT molecular complexity index is 1060. The zero-order valence-electron chi connectivity index (χ0n) is 15.0. The number of carboxylic acid groups (broad SMARTS) is 1. The van der Waals surface area contributed by atoms with Crippen LogP contribution in [0, 0.1) is 5.92 Å². The van der Waals surface area contributed by atoms with Gasteiger partial charge in [0.05, 0.1) is 17.0 Å². The van der Waals surface area contributed by atoms with E-state index in [9.17, 15) is 19.5 Å². The number of likely N-dealkylation sites (tertiary alicyclic amines) is 1. The van der Waals surface area contributed by atoms with Crippen LogP contribution < -0.4 is 5.43 Å². The van der Waals surface area contributed by atoms with Gasteiger partial charge in [0.2, 0.25) is 5.91 Å². The topological polar surface area (TPSA) is 79.6 Å². The summed E-state index contributed by atoms with van der Waals surface area (Å²) >= 11 is 0. The van der Waals surface area contributed by atoms with Gasteiger partial charge in [-0.2, -0.15) is 0 Å². The molecule has 2 heterocycles. The van der Waals surface area contributed by atoms with Crippen LogP contribution in [0.25, 0.3) is 21.8 Å². The number of carboxylic acids is 1. The van der Waals surface area contributed by atoms with Crippen LogP contribution >= 0.6 is 0 Å². The molecule has 1 N–H and O–H groups in total. The van der Waals surface area contributed by atoms with Crippen molar-refractivity contribution >= 4 is 33.7 Å². The molecule has 1 aromatic heterocycles. The number of hydrogen-bond acceptors (Lipinski definition) is 3. The predicted molar refractivity (Wildman–Crippen MR) is 103 cm³/mol. The second-order valence-corrected chi connectivity index (χ2v) is 7.01. The SMILES string of the molecule is CC1C(C(=O)O)CCN1C(=O)Cn1c2ccccc2c(=O)c2ccccc21. The molecule has 6 nitrogen and oxygen atoms in total.